The fraction of sp³-hybridized carbons (Fsp3) is 0.455. The third-order valence-corrected chi connectivity index (χ3v) is 1.97. The van der Waals surface area contributed by atoms with Gasteiger partial charge in [-0.25, -0.2) is 4.39 Å². The van der Waals surface area contributed by atoms with Crippen molar-refractivity contribution in [3.05, 3.63) is 35.9 Å². The van der Waals surface area contributed by atoms with E-state index in [1.165, 1.54) is 5.56 Å². The van der Waals surface area contributed by atoms with Crippen LogP contribution in [-0.2, 0) is 6.42 Å². The SMILES string of the molecule is CC(Cc1ccccc1)NCCF. The van der Waals surface area contributed by atoms with E-state index in [4.69, 9.17) is 0 Å². The molecule has 0 aliphatic rings. The topological polar surface area (TPSA) is 12.0 Å². The van der Waals surface area contributed by atoms with Gasteiger partial charge in [-0.3, -0.25) is 0 Å². The number of hydrogen-bond donors (Lipinski definition) is 1. The lowest BCUT2D eigenvalue weighted by Crippen LogP contribution is -2.29. The van der Waals surface area contributed by atoms with E-state index < -0.39 is 0 Å². The van der Waals surface area contributed by atoms with E-state index in [9.17, 15) is 4.39 Å². The van der Waals surface area contributed by atoms with Crippen LogP contribution in [0.3, 0.4) is 0 Å². The Morgan fingerprint density at radius 1 is 1.31 bits per heavy atom. The second-order valence-electron chi connectivity index (χ2n) is 3.23. The summed E-state index contributed by atoms with van der Waals surface area (Å²) in [5.74, 6) is 0. The average molecular weight is 181 g/mol. The summed E-state index contributed by atoms with van der Waals surface area (Å²) < 4.78 is 11.8. The van der Waals surface area contributed by atoms with Crippen molar-refractivity contribution in [3.63, 3.8) is 0 Å². The molecular formula is C11H16FN. The predicted octanol–water partition coefficient (Wildman–Crippen LogP) is 2.18. The normalized spacial score (nSPS) is 12.8. The molecule has 1 aromatic rings. The first kappa shape index (κ1) is 10.2. The highest BCUT2D eigenvalue weighted by molar-refractivity contribution is 5.15. The third kappa shape index (κ3) is 4.04. The second-order valence-corrected chi connectivity index (χ2v) is 3.23. The lowest BCUT2D eigenvalue weighted by atomic mass is 10.1. The number of benzene rings is 1. The van der Waals surface area contributed by atoms with Gasteiger partial charge in [0.1, 0.15) is 6.67 Å². The molecule has 1 atom stereocenters. The Balaban J connectivity index is 2.32. The number of halogens is 1. The summed E-state index contributed by atoms with van der Waals surface area (Å²) >= 11 is 0. The molecule has 1 nitrogen and oxygen atoms in total. The number of hydrogen-bond acceptors (Lipinski definition) is 1. The Labute approximate surface area is 79.0 Å². The van der Waals surface area contributed by atoms with E-state index in [-0.39, 0.29) is 6.67 Å². The average Bonchev–Trinajstić information content (AvgIpc) is 2.16. The molecule has 0 bridgehead atoms. The predicted molar refractivity (Wildman–Crippen MR) is 53.6 cm³/mol. The minimum Gasteiger partial charge on any atom is -0.311 e. The van der Waals surface area contributed by atoms with Crippen LogP contribution in [-0.4, -0.2) is 19.3 Å². The summed E-state index contributed by atoms with van der Waals surface area (Å²) in [6, 6.07) is 10.6. The van der Waals surface area contributed by atoms with Crippen molar-refractivity contribution in [1.29, 1.82) is 0 Å². The Morgan fingerprint density at radius 3 is 2.62 bits per heavy atom. The largest absolute Gasteiger partial charge is 0.311 e. The maximum absolute atomic E-state index is 11.8. The van der Waals surface area contributed by atoms with E-state index in [0.717, 1.165) is 6.42 Å². The number of alkyl halides is 1. The first-order chi connectivity index (χ1) is 6.33. The van der Waals surface area contributed by atoms with Crippen LogP contribution in [0.2, 0.25) is 0 Å². The van der Waals surface area contributed by atoms with E-state index in [2.05, 4.69) is 24.4 Å². The summed E-state index contributed by atoms with van der Waals surface area (Å²) in [6.07, 6.45) is 0.959. The summed E-state index contributed by atoms with van der Waals surface area (Å²) in [4.78, 5) is 0. The third-order valence-electron chi connectivity index (χ3n) is 1.97. The summed E-state index contributed by atoms with van der Waals surface area (Å²) in [5, 5.41) is 3.11. The highest BCUT2D eigenvalue weighted by atomic mass is 19.1. The Morgan fingerprint density at radius 2 is 2.00 bits per heavy atom. The van der Waals surface area contributed by atoms with Crippen molar-refractivity contribution in [1.82, 2.24) is 5.32 Å². The first-order valence-electron chi connectivity index (χ1n) is 4.66. The van der Waals surface area contributed by atoms with Gasteiger partial charge in [0, 0.05) is 12.6 Å². The van der Waals surface area contributed by atoms with Crippen molar-refractivity contribution < 1.29 is 4.39 Å². The fourth-order valence-electron chi connectivity index (χ4n) is 1.34. The minimum atomic E-state index is -0.293. The summed E-state index contributed by atoms with van der Waals surface area (Å²) in [7, 11) is 0. The van der Waals surface area contributed by atoms with Crippen LogP contribution in [0.4, 0.5) is 4.39 Å². The van der Waals surface area contributed by atoms with E-state index >= 15 is 0 Å². The zero-order chi connectivity index (χ0) is 9.52. The molecular weight excluding hydrogens is 165 g/mol. The van der Waals surface area contributed by atoms with Gasteiger partial charge in [0.05, 0.1) is 0 Å². The Hall–Kier alpha value is -0.890. The number of rotatable bonds is 5. The van der Waals surface area contributed by atoms with Crippen LogP contribution in [0, 0.1) is 0 Å². The summed E-state index contributed by atoms with van der Waals surface area (Å²) in [6.45, 7) is 2.23. The van der Waals surface area contributed by atoms with Crippen LogP contribution < -0.4 is 5.32 Å². The standard InChI is InChI=1S/C11H16FN/c1-10(13-8-7-12)9-11-5-3-2-4-6-11/h2-6,10,13H,7-9H2,1H3. The molecule has 0 aliphatic carbocycles. The second kappa shape index (κ2) is 5.70. The van der Waals surface area contributed by atoms with Crippen LogP contribution in [0.15, 0.2) is 30.3 Å². The van der Waals surface area contributed by atoms with Crippen LogP contribution in [0.1, 0.15) is 12.5 Å². The molecule has 0 radical (unpaired) electrons. The van der Waals surface area contributed by atoms with Crippen molar-refractivity contribution in [2.24, 2.45) is 0 Å². The molecule has 13 heavy (non-hydrogen) atoms. The van der Waals surface area contributed by atoms with Crippen LogP contribution >= 0.6 is 0 Å². The van der Waals surface area contributed by atoms with Gasteiger partial charge in [-0.2, -0.15) is 0 Å². The van der Waals surface area contributed by atoms with Gasteiger partial charge in [-0.15, -0.1) is 0 Å². The molecule has 72 valence electrons. The molecule has 0 spiro atoms. The quantitative estimate of drug-likeness (QED) is 0.734. The van der Waals surface area contributed by atoms with Gasteiger partial charge in [0.15, 0.2) is 0 Å². The molecule has 1 N–H and O–H groups in total. The highest BCUT2D eigenvalue weighted by Crippen LogP contribution is 2.02. The molecule has 1 unspecified atom stereocenters. The molecule has 0 heterocycles. The van der Waals surface area contributed by atoms with E-state index in [1.807, 2.05) is 18.2 Å². The van der Waals surface area contributed by atoms with Gasteiger partial charge in [-0.1, -0.05) is 30.3 Å². The lowest BCUT2D eigenvalue weighted by Gasteiger charge is -2.11. The Kier molecular flexibility index (Phi) is 4.47. The monoisotopic (exact) mass is 181 g/mol. The maximum atomic E-state index is 11.8. The molecule has 2 heteroatoms. The first-order valence-corrected chi connectivity index (χ1v) is 4.66. The smallest absolute Gasteiger partial charge is 0.102 e. The van der Waals surface area contributed by atoms with E-state index in [1.54, 1.807) is 0 Å². The van der Waals surface area contributed by atoms with Gasteiger partial charge in [0.25, 0.3) is 0 Å². The molecule has 0 saturated heterocycles. The van der Waals surface area contributed by atoms with Gasteiger partial charge in [0.2, 0.25) is 0 Å². The summed E-state index contributed by atoms with van der Waals surface area (Å²) in [5.41, 5.74) is 1.29. The van der Waals surface area contributed by atoms with E-state index in [0.29, 0.717) is 12.6 Å². The minimum absolute atomic E-state index is 0.293. The molecule has 0 amide bonds. The van der Waals surface area contributed by atoms with Crippen LogP contribution in [0.25, 0.3) is 0 Å². The number of nitrogens with one attached hydrogen (secondary N) is 1. The van der Waals surface area contributed by atoms with Crippen molar-refractivity contribution >= 4 is 0 Å². The lowest BCUT2D eigenvalue weighted by molar-refractivity contribution is 0.438. The maximum Gasteiger partial charge on any atom is 0.102 e. The van der Waals surface area contributed by atoms with Crippen molar-refractivity contribution in [3.8, 4) is 0 Å². The molecule has 0 saturated carbocycles. The van der Waals surface area contributed by atoms with Gasteiger partial charge < -0.3 is 5.32 Å². The molecule has 0 aliphatic heterocycles. The molecule has 1 aromatic carbocycles. The molecule has 1 rings (SSSR count). The molecule has 0 aromatic heterocycles. The van der Waals surface area contributed by atoms with Crippen molar-refractivity contribution in [2.45, 2.75) is 19.4 Å². The van der Waals surface area contributed by atoms with Gasteiger partial charge in [-0.05, 0) is 18.9 Å². The fourth-order valence-corrected chi connectivity index (χ4v) is 1.34. The molecule has 0 fully saturated rings. The van der Waals surface area contributed by atoms with Crippen LogP contribution in [0.5, 0.6) is 0 Å². The van der Waals surface area contributed by atoms with Crippen molar-refractivity contribution in [2.75, 3.05) is 13.2 Å². The van der Waals surface area contributed by atoms with Gasteiger partial charge >= 0.3 is 0 Å². The highest BCUT2D eigenvalue weighted by Gasteiger charge is 2.00. The Bertz CT molecular complexity index is 223. The zero-order valence-electron chi connectivity index (χ0n) is 7.96. The zero-order valence-corrected chi connectivity index (χ0v) is 7.96.